The number of hydrogen-bond acceptors (Lipinski definition) is 3. The molecule has 1 heterocycles. The van der Waals surface area contributed by atoms with Crippen LogP contribution in [0.2, 0.25) is 0 Å². The van der Waals surface area contributed by atoms with E-state index in [1.807, 2.05) is 0 Å². The zero-order valence-corrected chi connectivity index (χ0v) is 16.7. The third-order valence-corrected chi connectivity index (χ3v) is 8.05. The molecule has 0 spiro atoms. The lowest BCUT2D eigenvalue weighted by Crippen LogP contribution is -2.33. The van der Waals surface area contributed by atoms with Gasteiger partial charge in [-0.1, -0.05) is 20.8 Å². The van der Waals surface area contributed by atoms with E-state index in [0.717, 1.165) is 36.0 Å². The second-order valence-electron chi connectivity index (χ2n) is 9.43. The van der Waals surface area contributed by atoms with Crippen LogP contribution < -0.4 is 4.80 Å². The first kappa shape index (κ1) is 17.5. The Labute approximate surface area is 154 Å². The van der Waals surface area contributed by atoms with Crippen molar-refractivity contribution in [1.82, 2.24) is 4.57 Å². The first-order valence-electron chi connectivity index (χ1n) is 9.60. The van der Waals surface area contributed by atoms with Crippen molar-refractivity contribution in [3.63, 3.8) is 0 Å². The molecule has 25 heavy (non-hydrogen) atoms. The van der Waals surface area contributed by atoms with Gasteiger partial charge in [0.1, 0.15) is 0 Å². The van der Waals surface area contributed by atoms with Crippen molar-refractivity contribution in [2.45, 2.75) is 64.8 Å². The minimum Gasteiger partial charge on any atom is -0.383 e. The summed E-state index contributed by atoms with van der Waals surface area (Å²) in [5, 5.41) is 0. The van der Waals surface area contributed by atoms with Crippen molar-refractivity contribution in [2.24, 2.45) is 28.2 Å². The van der Waals surface area contributed by atoms with Crippen molar-refractivity contribution >= 4 is 17.2 Å². The van der Waals surface area contributed by atoms with Crippen LogP contribution >= 0.6 is 11.3 Å². The molecule has 4 saturated carbocycles. The van der Waals surface area contributed by atoms with Crippen LogP contribution in [0.25, 0.3) is 0 Å². The normalized spacial score (nSPS) is 34.2. The number of carbonyl (C=O) groups excluding carboxylic acids is 1. The monoisotopic (exact) mass is 362 g/mol. The first-order chi connectivity index (χ1) is 11.8. The van der Waals surface area contributed by atoms with Gasteiger partial charge in [0.05, 0.1) is 12.0 Å². The van der Waals surface area contributed by atoms with Gasteiger partial charge in [0.25, 0.3) is 5.91 Å². The molecule has 0 radical (unpaired) electrons. The fourth-order valence-electron chi connectivity index (χ4n) is 5.51. The molecule has 2 unspecified atom stereocenters. The predicted molar refractivity (Wildman–Crippen MR) is 99.4 cm³/mol. The molecule has 138 valence electrons. The summed E-state index contributed by atoms with van der Waals surface area (Å²) in [5.41, 5.74) is -0.0575. The van der Waals surface area contributed by atoms with E-state index in [2.05, 4.69) is 31.5 Å². The molecule has 4 aliphatic carbocycles. The van der Waals surface area contributed by atoms with Crippen molar-refractivity contribution in [3.05, 3.63) is 15.9 Å². The lowest BCUT2D eigenvalue weighted by molar-refractivity contribution is -0.129. The number of rotatable bonds is 4. The molecular formula is C20H30N2O2S. The first-order valence-corrected chi connectivity index (χ1v) is 10.4. The summed E-state index contributed by atoms with van der Waals surface area (Å²) in [7, 11) is 1.71. The summed E-state index contributed by atoms with van der Waals surface area (Å²) < 4.78 is 7.36. The Bertz CT molecular complexity index is 726. The van der Waals surface area contributed by atoms with Gasteiger partial charge in [-0.2, -0.15) is 4.99 Å². The van der Waals surface area contributed by atoms with E-state index in [1.54, 1.807) is 18.4 Å². The Balaban J connectivity index is 1.68. The highest BCUT2D eigenvalue weighted by Gasteiger charge is 2.61. The van der Waals surface area contributed by atoms with E-state index in [0.29, 0.717) is 12.5 Å². The molecule has 1 aromatic heterocycles. The molecule has 0 N–H and O–H groups in total. The number of amides is 1. The molecular weight excluding hydrogens is 332 g/mol. The van der Waals surface area contributed by atoms with E-state index >= 15 is 0 Å². The second-order valence-corrected chi connectivity index (χ2v) is 10.4. The number of methoxy groups -OCH3 is 1. The zero-order valence-electron chi connectivity index (χ0n) is 15.9. The number of aromatic nitrogens is 1. The van der Waals surface area contributed by atoms with E-state index < -0.39 is 0 Å². The maximum Gasteiger partial charge on any atom is 0.254 e. The maximum absolute atomic E-state index is 13.3. The van der Waals surface area contributed by atoms with Crippen LogP contribution in [0.4, 0.5) is 0 Å². The average Bonchev–Trinajstić information content (AvgIpc) is 3.12. The van der Waals surface area contributed by atoms with Crippen LogP contribution in [-0.4, -0.2) is 24.2 Å². The Morgan fingerprint density at radius 1 is 1.32 bits per heavy atom. The predicted octanol–water partition coefficient (Wildman–Crippen LogP) is 3.75. The lowest BCUT2D eigenvalue weighted by atomic mass is 9.75. The van der Waals surface area contributed by atoms with Gasteiger partial charge < -0.3 is 9.30 Å². The molecule has 2 atom stereocenters. The summed E-state index contributed by atoms with van der Waals surface area (Å²) in [4.78, 5) is 20.1. The zero-order chi connectivity index (χ0) is 17.8. The third-order valence-electron chi connectivity index (χ3n) is 6.61. The highest BCUT2D eigenvalue weighted by atomic mass is 32.1. The average molecular weight is 363 g/mol. The van der Waals surface area contributed by atoms with Crippen LogP contribution in [0.3, 0.4) is 0 Å². The fourth-order valence-corrected chi connectivity index (χ4v) is 6.58. The molecule has 5 heteroatoms. The van der Waals surface area contributed by atoms with Gasteiger partial charge in [0.2, 0.25) is 0 Å². The summed E-state index contributed by atoms with van der Waals surface area (Å²) >= 11 is 1.67. The van der Waals surface area contributed by atoms with Crippen LogP contribution in [0.5, 0.6) is 0 Å². The topological polar surface area (TPSA) is 43.6 Å². The van der Waals surface area contributed by atoms with Crippen molar-refractivity contribution in [3.8, 4) is 0 Å². The highest BCUT2D eigenvalue weighted by molar-refractivity contribution is 7.09. The second kappa shape index (κ2) is 6.05. The van der Waals surface area contributed by atoms with Gasteiger partial charge in [-0.05, 0) is 55.3 Å². The number of ether oxygens (including phenoxy) is 1. The Kier molecular flexibility index (Phi) is 4.23. The summed E-state index contributed by atoms with van der Waals surface area (Å²) in [5.74, 6) is 2.33. The molecule has 4 fully saturated rings. The Morgan fingerprint density at radius 3 is 2.60 bits per heavy atom. The van der Waals surface area contributed by atoms with E-state index in [4.69, 9.17) is 9.73 Å². The highest BCUT2D eigenvalue weighted by Crippen LogP contribution is 2.65. The van der Waals surface area contributed by atoms with Gasteiger partial charge in [-0.25, -0.2) is 0 Å². The molecule has 1 aromatic rings. The Morgan fingerprint density at radius 2 is 2.00 bits per heavy atom. The van der Waals surface area contributed by atoms with Crippen LogP contribution in [0.15, 0.2) is 11.2 Å². The molecule has 0 aliphatic heterocycles. The minimum atomic E-state index is -0.126. The van der Waals surface area contributed by atoms with Gasteiger partial charge in [-0.3, -0.25) is 4.79 Å². The van der Waals surface area contributed by atoms with E-state index in [9.17, 15) is 4.79 Å². The molecule has 5 rings (SSSR count). The standard InChI is InChI=1S/C20H30N2O2S/c1-19(2,3)16-12-22(5-6-24-4)18(25-16)21-17(23)20-10-13-7-14(11-20)9-15(20)8-13/h12-15H,5-11H2,1-4H3. The maximum atomic E-state index is 13.3. The smallest absolute Gasteiger partial charge is 0.254 e. The third kappa shape index (κ3) is 2.93. The van der Waals surface area contributed by atoms with Crippen LogP contribution in [-0.2, 0) is 21.5 Å². The van der Waals surface area contributed by atoms with Crippen LogP contribution in [0.1, 0.15) is 57.8 Å². The Hall–Kier alpha value is -0.940. The molecule has 0 saturated heterocycles. The SMILES string of the molecule is COCCn1cc(C(C)(C)C)sc1=NC(=O)C12CC3CC(CC1C3)C2. The van der Waals surface area contributed by atoms with Gasteiger partial charge in [0.15, 0.2) is 4.80 Å². The van der Waals surface area contributed by atoms with Crippen molar-refractivity contribution in [2.75, 3.05) is 13.7 Å². The summed E-state index contributed by atoms with van der Waals surface area (Å²) in [6.07, 6.45) is 8.22. The molecule has 0 aromatic carbocycles. The number of nitrogens with zero attached hydrogens (tertiary/aromatic N) is 2. The summed E-state index contributed by atoms with van der Waals surface area (Å²) in [6, 6.07) is 0. The molecule has 1 amide bonds. The van der Waals surface area contributed by atoms with Crippen molar-refractivity contribution < 1.29 is 9.53 Å². The molecule has 4 bridgehead atoms. The quantitative estimate of drug-likeness (QED) is 0.819. The van der Waals surface area contributed by atoms with Crippen molar-refractivity contribution in [1.29, 1.82) is 0 Å². The molecule has 4 nitrogen and oxygen atoms in total. The van der Waals surface area contributed by atoms with Gasteiger partial charge >= 0.3 is 0 Å². The van der Waals surface area contributed by atoms with E-state index in [-0.39, 0.29) is 16.7 Å². The summed E-state index contributed by atoms with van der Waals surface area (Å²) in [6.45, 7) is 8.01. The number of hydrogen-bond donors (Lipinski definition) is 0. The lowest BCUT2D eigenvalue weighted by Gasteiger charge is -2.29. The largest absolute Gasteiger partial charge is 0.383 e. The molecule has 4 aliphatic rings. The fraction of sp³-hybridized carbons (Fsp3) is 0.800. The minimum absolute atomic E-state index is 0.0689. The van der Waals surface area contributed by atoms with E-state index in [1.165, 1.54) is 24.1 Å². The number of thiazole rings is 1. The van der Waals surface area contributed by atoms with Crippen LogP contribution in [0, 0.1) is 23.2 Å². The van der Waals surface area contributed by atoms with Gasteiger partial charge in [0, 0.05) is 24.7 Å². The van der Waals surface area contributed by atoms with Gasteiger partial charge in [-0.15, -0.1) is 11.3 Å². The number of carbonyl (C=O) groups is 1.